The summed E-state index contributed by atoms with van der Waals surface area (Å²) < 4.78 is 18.5. The summed E-state index contributed by atoms with van der Waals surface area (Å²) >= 11 is 0. The zero-order chi connectivity index (χ0) is 29.6. The van der Waals surface area contributed by atoms with Gasteiger partial charge in [0.2, 0.25) is 0 Å². The minimum Gasteiger partial charge on any atom is -0.463 e. The van der Waals surface area contributed by atoms with Crippen LogP contribution in [0, 0.1) is 44.8 Å². The number of carbonyl (C=O) groups is 1. The highest BCUT2D eigenvalue weighted by Gasteiger charge is 2.79. The van der Waals surface area contributed by atoms with E-state index in [0.29, 0.717) is 31.5 Å². The topological polar surface area (TPSA) is 85.2 Å². The Morgan fingerprint density at radius 1 is 0.900 bits per heavy atom. The largest absolute Gasteiger partial charge is 0.463 e. The van der Waals surface area contributed by atoms with Crippen LogP contribution in [0.3, 0.4) is 0 Å². The van der Waals surface area contributed by atoms with Crippen molar-refractivity contribution in [3.63, 3.8) is 0 Å². The second-order valence-corrected chi connectivity index (χ2v) is 16.3. The summed E-state index contributed by atoms with van der Waals surface area (Å²) in [5, 5.41) is 24.9. The third kappa shape index (κ3) is 3.83. The Morgan fingerprint density at radius 2 is 1.55 bits per heavy atom. The summed E-state index contributed by atoms with van der Waals surface area (Å²) in [6, 6.07) is 0. The predicted octanol–water partition coefficient (Wildman–Crippen LogP) is 6.65. The summed E-state index contributed by atoms with van der Waals surface area (Å²) in [4.78, 5) is 11.8. The maximum atomic E-state index is 12.9. The van der Waals surface area contributed by atoms with Gasteiger partial charge in [0, 0.05) is 24.7 Å². The monoisotopic (exact) mass is 562 g/mol. The van der Waals surface area contributed by atoms with Crippen LogP contribution in [0.5, 0.6) is 0 Å². The smallest absolute Gasteiger partial charge is 0.302 e. The highest BCUT2D eigenvalue weighted by molar-refractivity contribution is 5.66. The maximum Gasteiger partial charge on any atom is 0.302 e. The predicted molar refractivity (Wildman–Crippen MR) is 155 cm³/mol. The number of ether oxygens (including phenoxy) is 3. The van der Waals surface area contributed by atoms with Crippen LogP contribution in [-0.4, -0.2) is 53.0 Å². The van der Waals surface area contributed by atoms with Crippen LogP contribution in [0.2, 0.25) is 0 Å². The number of carbonyl (C=O) groups excluding carboxylic acids is 1. The Morgan fingerprint density at radius 3 is 2.15 bits per heavy atom. The van der Waals surface area contributed by atoms with Crippen molar-refractivity contribution in [2.24, 2.45) is 44.8 Å². The minimum atomic E-state index is -1.31. The Kier molecular flexibility index (Phi) is 7.43. The highest BCUT2D eigenvalue weighted by Crippen LogP contribution is 2.80. The van der Waals surface area contributed by atoms with Gasteiger partial charge in [-0.3, -0.25) is 4.79 Å². The van der Waals surface area contributed by atoms with E-state index >= 15 is 0 Å². The minimum absolute atomic E-state index is 0.00727. The zero-order valence-electron chi connectivity index (χ0n) is 26.9. The number of hydrogen-bond donors (Lipinski definition) is 2. The van der Waals surface area contributed by atoms with E-state index in [1.54, 1.807) is 0 Å². The van der Waals surface area contributed by atoms with Crippen molar-refractivity contribution in [1.29, 1.82) is 0 Å². The van der Waals surface area contributed by atoms with Gasteiger partial charge in [-0.2, -0.15) is 0 Å². The molecular formula is C34H58O6. The van der Waals surface area contributed by atoms with E-state index in [1.165, 1.54) is 6.92 Å². The van der Waals surface area contributed by atoms with E-state index in [1.807, 2.05) is 0 Å². The van der Waals surface area contributed by atoms with Gasteiger partial charge in [0.05, 0.1) is 19.3 Å². The molecule has 5 aliphatic rings. The van der Waals surface area contributed by atoms with Gasteiger partial charge >= 0.3 is 5.97 Å². The van der Waals surface area contributed by atoms with E-state index < -0.39 is 22.9 Å². The van der Waals surface area contributed by atoms with Crippen molar-refractivity contribution < 1.29 is 29.2 Å². The second kappa shape index (κ2) is 9.66. The molecule has 1 aliphatic heterocycles. The lowest BCUT2D eigenvalue weighted by molar-refractivity contribution is -0.300. The van der Waals surface area contributed by atoms with Gasteiger partial charge in [0.1, 0.15) is 11.7 Å². The number of fused-ring (bicyclic) bond motifs is 5. The van der Waals surface area contributed by atoms with E-state index in [9.17, 15) is 15.0 Å². The van der Waals surface area contributed by atoms with Crippen molar-refractivity contribution in [1.82, 2.24) is 0 Å². The van der Waals surface area contributed by atoms with Crippen LogP contribution in [0.1, 0.15) is 127 Å². The van der Waals surface area contributed by atoms with E-state index in [-0.39, 0.29) is 39.7 Å². The van der Waals surface area contributed by atoms with Crippen LogP contribution < -0.4 is 0 Å². The summed E-state index contributed by atoms with van der Waals surface area (Å²) in [6.45, 7) is 21.2. The summed E-state index contributed by atoms with van der Waals surface area (Å²) in [7, 11) is 0. The molecule has 10 atom stereocenters. The average molecular weight is 563 g/mol. The maximum absolute atomic E-state index is 12.9. The van der Waals surface area contributed by atoms with Gasteiger partial charge in [-0.15, -0.1) is 0 Å². The highest BCUT2D eigenvalue weighted by atomic mass is 16.7. The first kappa shape index (κ1) is 30.8. The van der Waals surface area contributed by atoms with Crippen LogP contribution >= 0.6 is 0 Å². The molecule has 4 saturated carbocycles. The standard InChI is InChI=1S/C34H58O6/c1-22(2)10-15-33(38-18-19-39-33)23(3)34(37)27(36)21-30(7)26-12-13-28(5)20-25(40-24(4)35)11-14-31(28,8)29(26,6)16-17-32(30,34)9/h22-23,25-27,36-37H,10-21H2,1-9H3/t23-,25+,26?,27-,28+,29+,30+,31+,32+,34-/m1/s1. The van der Waals surface area contributed by atoms with Gasteiger partial charge in [-0.25, -0.2) is 0 Å². The number of rotatable bonds is 6. The molecule has 0 amide bonds. The Hall–Kier alpha value is -0.690. The molecule has 0 radical (unpaired) electrons. The molecule has 1 unspecified atom stereocenters. The molecule has 0 aromatic heterocycles. The van der Waals surface area contributed by atoms with Gasteiger partial charge in [0.15, 0.2) is 5.79 Å². The van der Waals surface area contributed by atoms with Crippen LogP contribution in [0.4, 0.5) is 0 Å². The SMILES string of the molecule is CC(=O)O[C@H]1CC[C@@]2(C)[C@@](C)(CCC3[C@]2(C)CC[C@]2(C)[C@@](O)([C@H](C)C4(CCC(C)C)OCCO4)[C@H](O)C[C@@]32C)C1. The average Bonchev–Trinajstić information content (AvgIpc) is 3.40. The van der Waals surface area contributed by atoms with Crippen molar-refractivity contribution in [2.45, 2.75) is 150 Å². The molecule has 1 saturated heterocycles. The molecule has 0 aromatic carbocycles. The van der Waals surface area contributed by atoms with E-state index in [2.05, 4.69) is 55.4 Å². The van der Waals surface area contributed by atoms with Crippen molar-refractivity contribution in [3.05, 3.63) is 0 Å². The number of esters is 1. The Bertz CT molecular complexity index is 991. The second-order valence-electron chi connectivity index (χ2n) is 16.3. The fourth-order valence-electron chi connectivity index (χ4n) is 11.7. The van der Waals surface area contributed by atoms with Crippen LogP contribution in [0.25, 0.3) is 0 Å². The lowest BCUT2D eigenvalue weighted by Crippen LogP contribution is -2.69. The van der Waals surface area contributed by atoms with Gasteiger partial charge in [0.25, 0.3) is 0 Å². The van der Waals surface area contributed by atoms with Crippen molar-refractivity contribution in [3.8, 4) is 0 Å². The van der Waals surface area contributed by atoms with Crippen LogP contribution in [-0.2, 0) is 19.0 Å². The summed E-state index contributed by atoms with van der Waals surface area (Å²) in [5.41, 5.74) is -1.75. The lowest BCUT2D eigenvalue weighted by Gasteiger charge is -2.73. The molecule has 1 heterocycles. The number of aliphatic hydroxyl groups excluding tert-OH is 1. The molecule has 0 aromatic rings. The molecule has 6 heteroatoms. The molecule has 0 spiro atoms. The molecule has 0 bridgehead atoms. The normalized spacial score (nSPS) is 50.6. The lowest BCUT2D eigenvalue weighted by atomic mass is 9.32. The van der Waals surface area contributed by atoms with E-state index in [0.717, 1.165) is 57.8 Å². The summed E-state index contributed by atoms with van der Waals surface area (Å²) in [6.07, 6.45) is 8.41. The Balaban J connectivity index is 1.50. The number of aliphatic hydroxyl groups is 2. The van der Waals surface area contributed by atoms with Crippen molar-refractivity contribution in [2.75, 3.05) is 13.2 Å². The fraction of sp³-hybridized carbons (Fsp3) is 0.971. The molecule has 5 fully saturated rings. The molecule has 5 rings (SSSR count). The zero-order valence-corrected chi connectivity index (χ0v) is 26.9. The number of hydrogen-bond acceptors (Lipinski definition) is 6. The van der Waals surface area contributed by atoms with Crippen molar-refractivity contribution >= 4 is 5.97 Å². The fourth-order valence-corrected chi connectivity index (χ4v) is 11.7. The van der Waals surface area contributed by atoms with Crippen LogP contribution in [0.15, 0.2) is 0 Å². The molecule has 230 valence electrons. The van der Waals surface area contributed by atoms with E-state index in [4.69, 9.17) is 14.2 Å². The molecule has 4 aliphatic carbocycles. The van der Waals surface area contributed by atoms with Gasteiger partial charge in [-0.05, 0) is 91.3 Å². The first-order valence-electron chi connectivity index (χ1n) is 16.3. The first-order chi connectivity index (χ1) is 18.4. The molecule has 2 N–H and O–H groups in total. The van der Waals surface area contributed by atoms with Gasteiger partial charge in [-0.1, -0.05) is 55.4 Å². The first-order valence-corrected chi connectivity index (χ1v) is 16.3. The molecular weight excluding hydrogens is 504 g/mol. The molecule has 6 nitrogen and oxygen atoms in total. The third-order valence-electron chi connectivity index (χ3n) is 14.7. The molecule has 40 heavy (non-hydrogen) atoms. The Labute approximate surface area is 243 Å². The third-order valence-corrected chi connectivity index (χ3v) is 14.7. The van der Waals surface area contributed by atoms with Gasteiger partial charge < -0.3 is 24.4 Å². The quantitative estimate of drug-likeness (QED) is 0.353. The summed E-state index contributed by atoms with van der Waals surface area (Å²) in [5.74, 6) is -0.496.